The van der Waals surface area contributed by atoms with E-state index in [2.05, 4.69) is 40.2 Å². The number of thiophene rings is 1. The zero-order chi connectivity index (χ0) is 24.1. The van der Waals surface area contributed by atoms with Crippen molar-refractivity contribution in [2.24, 2.45) is 0 Å². The van der Waals surface area contributed by atoms with E-state index in [1.165, 1.54) is 16.8 Å². The lowest BCUT2D eigenvalue weighted by Crippen LogP contribution is -2.50. The van der Waals surface area contributed by atoms with E-state index in [9.17, 15) is 4.79 Å². The van der Waals surface area contributed by atoms with Crippen molar-refractivity contribution in [2.75, 3.05) is 43.0 Å². The van der Waals surface area contributed by atoms with E-state index in [1.54, 1.807) is 11.3 Å². The quantitative estimate of drug-likeness (QED) is 0.322. The minimum absolute atomic E-state index is 0.329. The lowest BCUT2D eigenvalue weighted by molar-refractivity contribution is 0.0528. The molecule has 4 rings (SSSR count). The number of halogens is 1. The number of rotatable bonds is 6. The van der Waals surface area contributed by atoms with Gasteiger partial charge in [0.05, 0.1) is 12.2 Å². The predicted molar refractivity (Wildman–Crippen MR) is 146 cm³/mol. The van der Waals surface area contributed by atoms with Gasteiger partial charge in [-0.3, -0.25) is 0 Å². The smallest absolute Gasteiger partial charge is 0.341 e. The molecule has 1 aromatic heterocycles. The number of thiocarbonyl (C=S) groups is 1. The van der Waals surface area contributed by atoms with Gasteiger partial charge in [0.2, 0.25) is 0 Å². The number of benzene rings is 2. The summed E-state index contributed by atoms with van der Waals surface area (Å²) in [5.41, 5.74) is 4.11. The molecule has 34 heavy (non-hydrogen) atoms. The first-order valence-electron chi connectivity index (χ1n) is 11.4. The number of piperazine rings is 1. The molecular weight excluding hydrogens is 486 g/mol. The number of carbonyl (C=O) groups is 1. The van der Waals surface area contributed by atoms with Crippen molar-refractivity contribution < 1.29 is 9.53 Å². The number of ether oxygens (including phenoxy) is 1. The van der Waals surface area contributed by atoms with Gasteiger partial charge in [0, 0.05) is 48.2 Å². The van der Waals surface area contributed by atoms with Crippen LogP contribution in [0.1, 0.15) is 33.3 Å². The summed E-state index contributed by atoms with van der Waals surface area (Å²) < 4.78 is 5.30. The van der Waals surface area contributed by atoms with E-state index in [-0.39, 0.29) is 5.97 Å². The Labute approximate surface area is 215 Å². The van der Waals surface area contributed by atoms with Crippen molar-refractivity contribution >= 4 is 56.9 Å². The average Bonchev–Trinajstić information content (AvgIpc) is 3.23. The molecule has 1 fully saturated rings. The van der Waals surface area contributed by atoms with Crippen LogP contribution in [-0.2, 0) is 11.2 Å². The Hall–Kier alpha value is -2.61. The minimum atomic E-state index is -0.329. The summed E-state index contributed by atoms with van der Waals surface area (Å²) in [4.78, 5) is 18.2. The van der Waals surface area contributed by atoms with E-state index in [0.29, 0.717) is 17.3 Å². The first-order chi connectivity index (χ1) is 16.4. The van der Waals surface area contributed by atoms with Crippen LogP contribution < -0.4 is 10.2 Å². The minimum Gasteiger partial charge on any atom is -0.462 e. The number of hydrogen-bond donors (Lipinski definition) is 1. The summed E-state index contributed by atoms with van der Waals surface area (Å²) in [5, 5.41) is 5.45. The van der Waals surface area contributed by atoms with Crippen LogP contribution >= 0.6 is 35.2 Å². The average molecular weight is 514 g/mol. The third-order valence-corrected chi connectivity index (χ3v) is 7.44. The Bertz CT molecular complexity index is 1160. The number of carbonyl (C=O) groups excluding carboxylic acids is 1. The third kappa shape index (κ3) is 5.90. The van der Waals surface area contributed by atoms with Gasteiger partial charge >= 0.3 is 5.97 Å². The molecule has 0 radical (unpaired) electrons. The molecule has 1 saturated heterocycles. The Morgan fingerprint density at radius 2 is 1.85 bits per heavy atom. The van der Waals surface area contributed by atoms with Gasteiger partial charge in [-0.25, -0.2) is 4.79 Å². The van der Waals surface area contributed by atoms with Crippen LogP contribution in [0, 0.1) is 6.92 Å². The Morgan fingerprint density at radius 3 is 2.56 bits per heavy atom. The van der Waals surface area contributed by atoms with Gasteiger partial charge in [-0.1, -0.05) is 48.0 Å². The van der Waals surface area contributed by atoms with Crippen LogP contribution in [0.2, 0.25) is 5.02 Å². The summed E-state index contributed by atoms with van der Waals surface area (Å²) in [5.74, 6) is -0.329. The lowest BCUT2D eigenvalue weighted by atomic mass is 10.1. The van der Waals surface area contributed by atoms with Gasteiger partial charge in [-0.05, 0) is 55.4 Å². The highest BCUT2D eigenvalue weighted by atomic mass is 35.5. The Morgan fingerprint density at radius 1 is 1.12 bits per heavy atom. The molecule has 0 unspecified atom stereocenters. The highest BCUT2D eigenvalue weighted by molar-refractivity contribution is 7.80. The molecule has 178 valence electrons. The van der Waals surface area contributed by atoms with Gasteiger partial charge in [0.1, 0.15) is 5.00 Å². The molecule has 1 aliphatic heterocycles. The number of nitrogens with one attached hydrogen (secondary N) is 1. The molecule has 0 amide bonds. The van der Waals surface area contributed by atoms with Gasteiger partial charge < -0.3 is 19.9 Å². The van der Waals surface area contributed by atoms with Crippen molar-refractivity contribution in [3.63, 3.8) is 0 Å². The summed E-state index contributed by atoms with van der Waals surface area (Å²) in [7, 11) is 0. The molecule has 2 aromatic carbocycles. The second-order valence-corrected chi connectivity index (χ2v) is 10.1. The van der Waals surface area contributed by atoms with E-state index < -0.39 is 0 Å². The molecule has 3 aromatic rings. The zero-order valence-electron chi connectivity index (χ0n) is 19.3. The maximum atomic E-state index is 12.6. The molecule has 1 N–H and O–H groups in total. The maximum Gasteiger partial charge on any atom is 0.341 e. The number of nitrogens with zero attached hydrogens (tertiary/aromatic N) is 2. The van der Waals surface area contributed by atoms with Crippen molar-refractivity contribution in [1.29, 1.82) is 0 Å². The van der Waals surface area contributed by atoms with Crippen LogP contribution in [0.5, 0.6) is 0 Å². The van der Waals surface area contributed by atoms with Crippen LogP contribution in [-0.4, -0.2) is 48.8 Å². The van der Waals surface area contributed by atoms with Gasteiger partial charge in [-0.15, -0.1) is 11.3 Å². The van der Waals surface area contributed by atoms with Crippen molar-refractivity contribution in [3.05, 3.63) is 81.2 Å². The largest absolute Gasteiger partial charge is 0.462 e. The molecule has 8 heteroatoms. The predicted octanol–water partition coefficient (Wildman–Crippen LogP) is 6.00. The molecule has 2 heterocycles. The Balaban J connectivity index is 1.44. The van der Waals surface area contributed by atoms with E-state index in [0.717, 1.165) is 47.5 Å². The molecule has 0 bridgehead atoms. The van der Waals surface area contributed by atoms with Crippen LogP contribution in [0.15, 0.2) is 54.6 Å². The first kappa shape index (κ1) is 24.5. The van der Waals surface area contributed by atoms with Crippen LogP contribution in [0.25, 0.3) is 0 Å². The number of aryl methyl sites for hydroxylation is 1. The third-order valence-electron chi connectivity index (χ3n) is 5.80. The molecular formula is C26H28ClN3O2S2. The fraction of sp³-hybridized carbons (Fsp3) is 0.308. The van der Waals surface area contributed by atoms with Crippen molar-refractivity contribution in [2.45, 2.75) is 20.3 Å². The number of anilines is 2. The fourth-order valence-corrected chi connectivity index (χ4v) is 5.62. The molecule has 0 atom stereocenters. The number of esters is 1. The van der Waals surface area contributed by atoms with Gasteiger partial charge in [0.25, 0.3) is 0 Å². The highest BCUT2D eigenvalue weighted by Gasteiger charge is 2.23. The van der Waals surface area contributed by atoms with Crippen LogP contribution in [0.4, 0.5) is 10.7 Å². The summed E-state index contributed by atoms with van der Waals surface area (Å²) in [6, 6.07) is 18.1. The molecule has 1 aliphatic rings. The summed E-state index contributed by atoms with van der Waals surface area (Å²) in [6.07, 6.45) is 0.754. The van der Waals surface area contributed by atoms with Gasteiger partial charge in [0.15, 0.2) is 5.11 Å². The molecule has 0 saturated carbocycles. The second kappa shape index (κ2) is 11.2. The highest BCUT2D eigenvalue weighted by Crippen LogP contribution is 2.31. The summed E-state index contributed by atoms with van der Waals surface area (Å²) >= 11 is 13.5. The standard InChI is InChI=1S/C26H28ClN3O2S2/c1-3-32-25(31)22-17-21(15-19-7-5-4-6-8-19)34-24(22)28-26(33)30-13-11-29(12-14-30)23-16-20(27)10-9-18(23)2/h4-10,16-17H,3,11-15H2,1-2H3,(H,28,33). The molecule has 5 nitrogen and oxygen atoms in total. The topological polar surface area (TPSA) is 44.8 Å². The van der Waals surface area contributed by atoms with Crippen molar-refractivity contribution in [1.82, 2.24) is 4.90 Å². The zero-order valence-corrected chi connectivity index (χ0v) is 21.7. The maximum absolute atomic E-state index is 12.6. The van der Waals surface area contributed by atoms with E-state index >= 15 is 0 Å². The fourth-order valence-electron chi connectivity index (χ4n) is 4.03. The van der Waals surface area contributed by atoms with E-state index in [4.69, 9.17) is 28.6 Å². The van der Waals surface area contributed by atoms with Crippen molar-refractivity contribution in [3.8, 4) is 0 Å². The van der Waals surface area contributed by atoms with Gasteiger partial charge in [-0.2, -0.15) is 0 Å². The SMILES string of the molecule is CCOC(=O)c1cc(Cc2ccccc2)sc1NC(=S)N1CCN(c2cc(Cl)ccc2C)CC1. The number of hydrogen-bond acceptors (Lipinski definition) is 5. The first-order valence-corrected chi connectivity index (χ1v) is 13.0. The van der Waals surface area contributed by atoms with Crippen LogP contribution in [0.3, 0.4) is 0 Å². The monoisotopic (exact) mass is 513 g/mol. The molecule has 0 aliphatic carbocycles. The Kier molecular flexibility index (Phi) is 8.08. The van der Waals surface area contributed by atoms with E-state index in [1.807, 2.05) is 43.3 Å². The lowest BCUT2D eigenvalue weighted by Gasteiger charge is -2.38. The molecule has 0 spiro atoms. The summed E-state index contributed by atoms with van der Waals surface area (Å²) in [6.45, 7) is 7.51. The normalized spacial score (nSPS) is 13.6. The second-order valence-electron chi connectivity index (χ2n) is 8.17.